The van der Waals surface area contributed by atoms with Crippen molar-refractivity contribution in [3.8, 4) is 17.5 Å². The lowest BCUT2D eigenvalue weighted by Gasteiger charge is -2.08. The van der Waals surface area contributed by atoms with E-state index in [9.17, 15) is 9.18 Å². The van der Waals surface area contributed by atoms with E-state index in [2.05, 4.69) is 22.1 Å². The molecule has 1 aromatic heterocycles. The second kappa shape index (κ2) is 8.97. The molecule has 0 fully saturated rings. The predicted octanol–water partition coefficient (Wildman–Crippen LogP) is 3.87. The van der Waals surface area contributed by atoms with E-state index in [1.165, 1.54) is 23.9 Å². The summed E-state index contributed by atoms with van der Waals surface area (Å²) in [6.07, 6.45) is 1.71. The highest BCUT2D eigenvalue weighted by molar-refractivity contribution is 7.99. The summed E-state index contributed by atoms with van der Waals surface area (Å²) in [6.45, 7) is 4.20. The molecule has 1 N–H and O–H groups in total. The number of thioether (sulfide) groups is 1. The highest BCUT2D eigenvalue weighted by atomic mass is 32.2. The Hall–Kier alpha value is -3.44. The van der Waals surface area contributed by atoms with Gasteiger partial charge < -0.3 is 5.32 Å². The molecule has 0 aliphatic heterocycles. The van der Waals surface area contributed by atoms with Crippen LogP contribution in [0.25, 0.3) is 11.4 Å². The molecular weight excluding hydrogens is 377 g/mol. The van der Waals surface area contributed by atoms with Crippen molar-refractivity contribution < 1.29 is 9.18 Å². The maximum atomic E-state index is 13.2. The van der Waals surface area contributed by atoms with Gasteiger partial charge in [-0.3, -0.25) is 9.36 Å². The third-order valence-electron chi connectivity index (χ3n) is 3.76. The number of nitriles is 1. The molecule has 1 heterocycles. The molecule has 8 heteroatoms. The molecule has 0 aliphatic carbocycles. The van der Waals surface area contributed by atoms with Crippen LogP contribution in [0.4, 0.5) is 10.1 Å². The van der Waals surface area contributed by atoms with Crippen LogP contribution in [-0.2, 0) is 11.3 Å². The molecule has 6 nitrogen and oxygen atoms in total. The smallest absolute Gasteiger partial charge is 0.234 e. The number of hydrogen-bond acceptors (Lipinski definition) is 5. The van der Waals surface area contributed by atoms with Crippen LogP contribution in [0.5, 0.6) is 0 Å². The largest absolute Gasteiger partial charge is 0.325 e. The number of aromatic nitrogens is 3. The molecule has 0 bridgehead atoms. The number of hydrogen-bond donors (Lipinski definition) is 1. The average molecular weight is 393 g/mol. The summed E-state index contributed by atoms with van der Waals surface area (Å²) in [4.78, 5) is 12.2. The summed E-state index contributed by atoms with van der Waals surface area (Å²) < 4.78 is 15.0. The third-order valence-corrected chi connectivity index (χ3v) is 4.73. The van der Waals surface area contributed by atoms with Crippen molar-refractivity contribution in [2.75, 3.05) is 11.1 Å². The number of rotatable bonds is 7. The van der Waals surface area contributed by atoms with Crippen LogP contribution in [0.2, 0.25) is 0 Å². The van der Waals surface area contributed by atoms with Crippen LogP contribution < -0.4 is 5.32 Å². The minimum absolute atomic E-state index is 0.138. The predicted molar refractivity (Wildman–Crippen MR) is 106 cm³/mol. The zero-order valence-electron chi connectivity index (χ0n) is 14.8. The third kappa shape index (κ3) is 4.64. The van der Waals surface area contributed by atoms with Crippen molar-refractivity contribution >= 4 is 23.4 Å². The molecule has 28 heavy (non-hydrogen) atoms. The fraction of sp³-hybridized carbons (Fsp3) is 0.100. The first-order valence-corrected chi connectivity index (χ1v) is 9.32. The van der Waals surface area contributed by atoms with Gasteiger partial charge >= 0.3 is 0 Å². The molecule has 0 saturated heterocycles. The van der Waals surface area contributed by atoms with E-state index >= 15 is 0 Å². The Balaban J connectivity index is 1.69. The summed E-state index contributed by atoms with van der Waals surface area (Å²) in [6, 6.07) is 14.6. The molecule has 0 radical (unpaired) electrons. The zero-order valence-corrected chi connectivity index (χ0v) is 15.6. The summed E-state index contributed by atoms with van der Waals surface area (Å²) >= 11 is 1.24. The Morgan fingerprint density at radius 2 is 1.93 bits per heavy atom. The molecule has 0 atom stereocenters. The summed E-state index contributed by atoms with van der Waals surface area (Å²) in [5.74, 6) is 0.187. The fourth-order valence-corrected chi connectivity index (χ4v) is 3.20. The van der Waals surface area contributed by atoms with E-state index in [1.54, 1.807) is 42.5 Å². The van der Waals surface area contributed by atoms with E-state index in [0.29, 0.717) is 28.8 Å². The average Bonchev–Trinajstić information content (AvgIpc) is 3.10. The molecule has 3 rings (SSSR count). The van der Waals surface area contributed by atoms with Crippen LogP contribution in [0.15, 0.2) is 66.3 Å². The number of amides is 1. The Morgan fingerprint density at radius 1 is 1.21 bits per heavy atom. The maximum absolute atomic E-state index is 13.2. The van der Waals surface area contributed by atoms with Gasteiger partial charge in [-0.25, -0.2) is 4.39 Å². The molecule has 0 spiro atoms. The summed E-state index contributed by atoms with van der Waals surface area (Å²) in [7, 11) is 0. The van der Waals surface area contributed by atoms with Gasteiger partial charge in [-0.1, -0.05) is 17.8 Å². The molecule has 3 aromatic rings. The van der Waals surface area contributed by atoms with Crippen molar-refractivity contribution in [2.45, 2.75) is 11.7 Å². The van der Waals surface area contributed by atoms with Crippen molar-refractivity contribution in [2.24, 2.45) is 0 Å². The van der Waals surface area contributed by atoms with Gasteiger partial charge in [0.05, 0.1) is 17.4 Å². The number of anilines is 1. The van der Waals surface area contributed by atoms with E-state index in [1.807, 2.05) is 10.6 Å². The van der Waals surface area contributed by atoms with E-state index in [4.69, 9.17) is 5.26 Å². The highest BCUT2D eigenvalue weighted by Crippen LogP contribution is 2.24. The Morgan fingerprint density at radius 3 is 2.57 bits per heavy atom. The molecular formula is C20H16FN5OS. The Bertz CT molecular complexity index is 1020. The van der Waals surface area contributed by atoms with Crippen molar-refractivity contribution in [1.82, 2.24) is 14.8 Å². The lowest BCUT2D eigenvalue weighted by molar-refractivity contribution is -0.113. The quantitative estimate of drug-likeness (QED) is 0.487. The first-order valence-electron chi connectivity index (χ1n) is 8.33. The first kappa shape index (κ1) is 19.3. The number of carbonyl (C=O) groups is 1. The molecule has 2 aromatic carbocycles. The second-order valence-electron chi connectivity index (χ2n) is 5.74. The lowest BCUT2D eigenvalue weighted by atomic mass is 10.2. The minimum atomic E-state index is -0.326. The standard InChI is InChI=1S/C20H16FN5OS/c1-2-11-26-19(15-5-7-16(21)8-6-15)24-25-20(26)28-13-18(27)23-17-9-3-14(12-22)4-10-17/h2-10H,1,11,13H2,(H,23,27). The zero-order chi connectivity index (χ0) is 19.9. The van der Waals surface area contributed by atoms with E-state index < -0.39 is 0 Å². The molecule has 0 unspecified atom stereocenters. The molecule has 0 saturated carbocycles. The first-order chi connectivity index (χ1) is 13.6. The number of nitrogens with one attached hydrogen (secondary N) is 1. The number of halogens is 1. The van der Waals surface area contributed by atoms with Crippen molar-refractivity contribution in [3.63, 3.8) is 0 Å². The topological polar surface area (TPSA) is 83.6 Å². The van der Waals surface area contributed by atoms with Gasteiger partial charge in [0.15, 0.2) is 11.0 Å². The second-order valence-corrected chi connectivity index (χ2v) is 6.68. The normalized spacial score (nSPS) is 10.3. The monoisotopic (exact) mass is 393 g/mol. The number of nitrogens with zero attached hydrogens (tertiary/aromatic N) is 4. The van der Waals surface area contributed by atoms with Gasteiger partial charge in [-0.15, -0.1) is 16.8 Å². The molecule has 140 valence electrons. The maximum Gasteiger partial charge on any atom is 0.234 e. The lowest BCUT2D eigenvalue weighted by Crippen LogP contribution is -2.14. The number of carbonyl (C=O) groups excluding carboxylic acids is 1. The van der Waals surface area contributed by atoms with Crippen molar-refractivity contribution in [1.29, 1.82) is 5.26 Å². The van der Waals surface area contributed by atoms with Crippen LogP contribution in [0.1, 0.15) is 5.56 Å². The molecule has 0 aliphatic rings. The SMILES string of the molecule is C=CCn1c(SCC(=O)Nc2ccc(C#N)cc2)nnc1-c1ccc(F)cc1. The van der Waals surface area contributed by atoms with Gasteiger partial charge in [0, 0.05) is 17.8 Å². The van der Waals surface area contributed by atoms with Gasteiger partial charge in [-0.05, 0) is 48.5 Å². The van der Waals surface area contributed by atoms with Gasteiger partial charge in [0.1, 0.15) is 5.82 Å². The van der Waals surface area contributed by atoms with E-state index in [-0.39, 0.29) is 17.5 Å². The summed E-state index contributed by atoms with van der Waals surface area (Å²) in [5, 5.41) is 20.5. The van der Waals surface area contributed by atoms with Gasteiger partial charge in [0.25, 0.3) is 0 Å². The fourth-order valence-electron chi connectivity index (χ4n) is 2.46. The van der Waals surface area contributed by atoms with Crippen LogP contribution >= 0.6 is 11.8 Å². The summed E-state index contributed by atoms with van der Waals surface area (Å²) in [5.41, 5.74) is 1.87. The minimum Gasteiger partial charge on any atom is -0.325 e. The van der Waals surface area contributed by atoms with Crippen LogP contribution in [-0.4, -0.2) is 26.4 Å². The van der Waals surface area contributed by atoms with Gasteiger partial charge in [-0.2, -0.15) is 5.26 Å². The van der Waals surface area contributed by atoms with Crippen molar-refractivity contribution in [3.05, 3.63) is 72.6 Å². The molecule has 1 amide bonds. The highest BCUT2D eigenvalue weighted by Gasteiger charge is 2.15. The van der Waals surface area contributed by atoms with E-state index in [0.717, 1.165) is 5.56 Å². The number of allylic oxidation sites excluding steroid dienone is 1. The van der Waals surface area contributed by atoms with Gasteiger partial charge in [0.2, 0.25) is 5.91 Å². The Labute approximate surface area is 165 Å². The van der Waals surface area contributed by atoms with Crippen LogP contribution in [0.3, 0.4) is 0 Å². The number of benzene rings is 2. The Kier molecular flexibility index (Phi) is 6.19. The van der Waals surface area contributed by atoms with Crippen LogP contribution in [0, 0.1) is 17.1 Å².